The SMILES string of the molecule is CC1(Nc2cc(C#N)ccn2)CCS(=O)(=O)C1. The number of nitriles is 1. The van der Waals surface area contributed by atoms with Crippen molar-refractivity contribution in [1.29, 1.82) is 5.26 Å². The van der Waals surface area contributed by atoms with Crippen LogP contribution in [0.4, 0.5) is 5.82 Å². The van der Waals surface area contributed by atoms with Gasteiger partial charge >= 0.3 is 0 Å². The monoisotopic (exact) mass is 251 g/mol. The van der Waals surface area contributed by atoms with Crippen LogP contribution in [-0.2, 0) is 9.84 Å². The van der Waals surface area contributed by atoms with Gasteiger partial charge in [0.25, 0.3) is 0 Å². The fraction of sp³-hybridized carbons (Fsp3) is 0.455. The van der Waals surface area contributed by atoms with Crippen LogP contribution < -0.4 is 5.32 Å². The molecule has 1 unspecified atom stereocenters. The molecular weight excluding hydrogens is 238 g/mol. The maximum absolute atomic E-state index is 11.4. The topological polar surface area (TPSA) is 82.8 Å². The Hall–Kier alpha value is -1.61. The first-order valence-corrected chi connectivity index (χ1v) is 7.09. The average molecular weight is 251 g/mol. The molecule has 1 aromatic heterocycles. The van der Waals surface area contributed by atoms with E-state index in [1.165, 1.54) is 6.20 Å². The molecule has 1 N–H and O–H groups in total. The van der Waals surface area contributed by atoms with Gasteiger partial charge in [-0.15, -0.1) is 0 Å². The second-order valence-corrected chi connectivity index (χ2v) is 6.75. The van der Waals surface area contributed by atoms with Gasteiger partial charge in [0, 0.05) is 6.20 Å². The van der Waals surface area contributed by atoms with Gasteiger partial charge in [-0.1, -0.05) is 0 Å². The second kappa shape index (κ2) is 4.00. The summed E-state index contributed by atoms with van der Waals surface area (Å²) in [5, 5.41) is 11.9. The van der Waals surface area contributed by atoms with Gasteiger partial charge in [-0.3, -0.25) is 0 Å². The molecule has 2 heterocycles. The van der Waals surface area contributed by atoms with Crippen molar-refractivity contribution in [3.63, 3.8) is 0 Å². The summed E-state index contributed by atoms with van der Waals surface area (Å²) in [6.45, 7) is 1.86. The summed E-state index contributed by atoms with van der Waals surface area (Å²) >= 11 is 0. The summed E-state index contributed by atoms with van der Waals surface area (Å²) in [6, 6.07) is 5.25. The van der Waals surface area contributed by atoms with Crippen LogP contribution in [0.2, 0.25) is 0 Å². The molecule has 5 nitrogen and oxygen atoms in total. The summed E-state index contributed by atoms with van der Waals surface area (Å²) < 4.78 is 22.9. The van der Waals surface area contributed by atoms with Crippen molar-refractivity contribution >= 4 is 15.7 Å². The lowest BCUT2D eigenvalue weighted by molar-refractivity contribution is 0.572. The molecule has 0 aliphatic carbocycles. The van der Waals surface area contributed by atoms with Gasteiger partial charge in [-0.05, 0) is 25.5 Å². The van der Waals surface area contributed by atoms with Gasteiger partial charge < -0.3 is 5.32 Å². The van der Waals surface area contributed by atoms with Crippen LogP contribution in [0, 0.1) is 11.3 Å². The lowest BCUT2D eigenvalue weighted by Gasteiger charge is -2.24. The zero-order valence-corrected chi connectivity index (χ0v) is 10.3. The Bertz CT molecular complexity index is 577. The standard InChI is InChI=1S/C11H13N3O2S/c1-11(3-5-17(15,16)8-11)14-10-6-9(7-12)2-4-13-10/h2,4,6H,3,5,8H2,1H3,(H,13,14). The minimum absolute atomic E-state index is 0.110. The molecule has 6 heteroatoms. The Balaban J connectivity index is 2.19. The number of hydrogen-bond acceptors (Lipinski definition) is 5. The van der Waals surface area contributed by atoms with E-state index in [0.717, 1.165) is 0 Å². The quantitative estimate of drug-likeness (QED) is 0.845. The zero-order valence-electron chi connectivity index (χ0n) is 9.47. The summed E-state index contributed by atoms with van der Waals surface area (Å²) in [4.78, 5) is 4.09. The van der Waals surface area contributed by atoms with E-state index in [4.69, 9.17) is 5.26 Å². The Labute approximate surface area is 100 Å². The van der Waals surface area contributed by atoms with E-state index in [-0.39, 0.29) is 11.5 Å². The highest BCUT2D eigenvalue weighted by Crippen LogP contribution is 2.26. The molecule has 0 saturated carbocycles. The number of nitrogens with zero attached hydrogens (tertiary/aromatic N) is 2. The zero-order chi connectivity index (χ0) is 12.5. The second-order valence-electron chi connectivity index (χ2n) is 4.57. The molecule has 90 valence electrons. The minimum atomic E-state index is -2.94. The average Bonchev–Trinajstić information content (AvgIpc) is 2.53. The third-order valence-electron chi connectivity index (χ3n) is 2.82. The first-order chi connectivity index (χ1) is 7.92. The normalized spacial score (nSPS) is 26.4. The van der Waals surface area contributed by atoms with E-state index in [1.807, 2.05) is 13.0 Å². The van der Waals surface area contributed by atoms with Crippen LogP contribution in [0.15, 0.2) is 18.3 Å². The number of sulfone groups is 1. The lowest BCUT2D eigenvalue weighted by atomic mass is 10.0. The van der Waals surface area contributed by atoms with E-state index in [2.05, 4.69) is 10.3 Å². The number of nitrogens with one attached hydrogen (secondary N) is 1. The van der Waals surface area contributed by atoms with Crippen molar-refractivity contribution < 1.29 is 8.42 Å². The van der Waals surface area contributed by atoms with Crippen LogP contribution in [0.1, 0.15) is 18.9 Å². The van der Waals surface area contributed by atoms with Crippen LogP contribution in [0.5, 0.6) is 0 Å². The molecule has 1 saturated heterocycles. The van der Waals surface area contributed by atoms with Crippen LogP contribution >= 0.6 is 0 Å². The molecular formula is C11H13N3O2S. The molecule has 0 spiro atoms. The maximum Gasteiger partial charge on any atom is 0.152 e. The predicted molar refractivity (Wildman–Crippen MR) is 64.3 cm³/mol. The molecule has 2 rings (SSSR count). The Morgan fingerprint density at radius 2 is 2.35 bits per heavy atom. The largest absolute Gasteiger partial charge is 0.364 e. The fourth-order valence-corrected chi connectivity index (χ4v) is 4.08. The molecule has 1 aromatic rings. The molecule has 1 aliphatic heterocycles. The van der Waals surface area contributed by atoms with E-state index in [1.54, 1.807) is 12.1 Å². The molecule has 0 amide bonds. The van der Waals surface area contributed by atoms with E-state index in [0.29, 0.717) is 17.8 Å². The van der Waals surface area contributed by atoms with Gasteiger partial charge in [-0.2, -0.15) is 5.26 Å². The predicted octanol–water partition coefficient (Wildman–Crippen LogP) is 0.942. The van der Waals surface area contributed by atoms with Crippen molar-refractivity contribution in [2.24, 2.45) is 0 Å². The number of hydrogen-bond donors (Lipinski definition) is 1. The smallest absolute Gasteiger partial charge is 0.152 e. The first kappa shape index (κ1) is 11.9. The highest BCUT2D eigenvalue weighted by atomic mass is 32.2. The number of aromatic nitrogens is 1. The molecule has 0 bridgehead atoms. The van der Waals surface area contributed by atoms with Crippen molar-refractivity contribution in [3.05, 3.63) is 23.9 Å². The summed E-state index contributed by atoms with van der Waals surface area (Å²) in [7, 11) is -2.94. The molecule has 0 aromatic carbocycles. The number of pyridine rings is 1. The van der Waals surface area contributed by atoms with Gasteiger partial charge in [0.1, 0.15) is 5.82 Å². The van der Waals surface area contributed by atoms with Crippen molar-refractivity contribution in [2.45, 2.75) is 18.9 Å². The molecule has 0 radical (unpaired) electrons. The van der Waals surface area contributed by atoms with Crippen molar-refractivity contribution in [1.82, 2.24) is 4.98 Å². The molecule has 1 fully saturated rings. The van der Waals surface area contributed by atoms with Crippen LogP contribution in [-0.4, -0.2) is 30.4 Å². The van der Waals surface area contributed by atoms with Crippen LogP contribution in [0.25, 0.3) is 0 Å². The number of rotatable bonds is 2. The first-order valence-electron chi connectivity index (χ1n) is 5.27. The molecule has 1 aliphatic rings. The highest BCUT2D eigenvalue weighted by Gasteiger charge is 2.38. The third kappa shape index (κ3) is 2.74. The molecule has 17 heavy (non-hydrogen) atoms. The Morgan fingerprint density at radius 1 is 1.59 bits per heavy atom. The summed E-state index contributed by atoms with van der Waals surface area (Å²) in [5.41, 5.74) is 0.0202. The van der Waals surface area contributed by atoms with Gasteiger partial charge in [-0.25, -0.2) is 13.4 Å². The Morgan fingerprint density at radius 3 is 2.94 bits per heavy atom. The van der Waals surface area contributed by atoms with Crippen LogP contribution in [0.3, 0.4) is 0 Å². The maximum atomic E-state index is 11.4. The Kier molecular flexibility index (Phi) is 2.79. The van der Waals surface area contributed by atoms with Crippen molar-refractivity contribution in [3.8, 4) is 6.07 Å². The van der Waals surface area contributed by atoms with Gasteiger partial charge in [0.2, 0.25) is 0 Å². The summed E-state index contributed by atoms with van der Waals surface area (Å²) in [5.74, 6) is 0.857. The van der Waals surface area contributed by atoms with Crippen molar-refractivity contribution in [2.75, 3.05) is 16.8 Å². The lowest BCUT2D eigenvalue weighted by Crippen LogP contribution is -2.36. The van der Waals surface area contributed by atoms with E-state index >= 15 is 0 Å². The van der Waals surface area contributed by atoms with E-state index < -0.39 is 15.4 Å². The van der Waals surface area contributed by atoms with Gasteiger partial charge in [0.05, 0.1) is 28.7 Å². The molecule has 1 atom stereocenters. The fourth-order valence-electron chi connectivity index (χ4n) is 1.99. The third-order valence-corrected chi connectivity index (χ3v) is 4.73. The van der Waals surface area contributed by atoms with Gasteiger partial charge in [0.15, 0.2) is 9.84 Å². The minimum Gasteiger partial charge on any atom is -0.364 e. The number of anilines is 1. The summed E-state index contributed by atoms with van der Waals surface area (Å²) in [6.07, 6.45) is 2.10. The van der Waals surface area contributed by atoms with E-state index in [9.17, 15) is 8.42 Å². The highest BCUT2D eigenvalue weighted by molar-refractivity contribution is 7.91.